The quantitative estimate of drug-likeness (QED) is 0.774. The summed E-state index contributed by atoms with van der Waals surface area (Å²) in [5.41, 5.74) is 11.1. The van der Waals surface area contributed by atoms with Crippen LogP contribution in [-0.2, 0) is 0 Å². The Hall–Kier alpha value is -2.27. The molecule has 20 heavy (non-hydrogen) atoms. The van der Waals surface area contributed by atoms with Gasteiger partial charge in [-0.1, -0.05) is 12.1 Å². The van der Waals surface area contributed by atoms with E-state index in [-0.39, 0.29) is 6.04 Å². The van der Waals surface area contributed by atoms with E-state index in [1.807, 2.05) is 19.1 Å². The molecule has 1 aromatic carbocycles. The lowest BCUT2D eigenvalue weighted by atomic mass is 10.0. The highest BCUT2D eigenvalue weighted by Crippen LogP contribution is 2.21. The van der Waals surface area contributed by atoms with Crippen LogP contribution in [0.1, 0.15) is 29.9 Å². The number of hydrogen-bond donors (Lipinski definition) is 1. The Kier molecular flexibility index (Phi) is 2.99. The molecular formula is C15H17N5. The van der Waals surface area contributed by atoms with Gasteiger partial charge in [-0.05, 0) is 50.1 Å². The van der Waals surface area contributed by atoms with Gasteiger partial charge in [0.05, 0.1) is 11.7 Å². The van der Waals surface area contributed by atoms with E-state index >= 15 is 0 Å². The van der Waals surface area contributed by atoms with Gasteiger partial charge in [0.25, 0.3) is 0 Å². The third kappa shape index (κ3) is 2.06. The minimum absolute atomic E-state index is 0.201. The molecule has 0 saturated heterocycles. The van der Waals surface area contributed by atoms with Crippen LogP contribution in [0.25, 0.3) is 16.9 Å². The van der Waals surface area contributed by atoms with Gasteiger partial charge >= 0.3 is 0 Å². The van der Waals surface area contributed by atoms with Gasteiger partial charge in [0.2, 0.25) is 0 Å². The molecule has 102 valence electrons. The predicted octanol–water partition coefficient (Wildman–Crippen LogP) is 2.43. The zero-order valence-electron chi connectivity index (χ0n) is 11.8. The van der Waals surface area contributed by atoms with Gasteiger partial charge < -0.3 is 5.73 Å². The van der Waals surface area contributed by atoms with Crippen LogP contribution in [-0.4, -0.2) is 19.8 Å². The fourth-order valence-corrected chi connectivity index (χ4v) is 2.14. The minimum atomic E-state index is -0.201. The molecule has 2 heterocycles. The van der Waals surface area contributed by atoms with E-state index in [2.05, 4.69) is 47.3 Å². The highest BCUT2D eigenvalue weighted by Gasteiger charge is 2.12. The Labute approximate surface area is 117 Å². The van der Waals surface area contributed by atoms with Crippen LogP contribution in [0.3, 0.4) is 0 Å². The second kappa shape index (κ2) is 4.68. The predicted molar refractivity (Wildman–Crippen MR) is 78.3 cm³/mol. The molecule has 0 aliphatic carbocycles. The largest absolute Gasteiger partial charge is 0.321 e. The molecule has 0 saturated carbocycles. The van der Waals surface area contributed by atoms with Crippen molar-refractivity contribution in [2.75, 3.05) is 0 Å². The number of benzene rings is 1. The Morgan fingerprint density at radius 1 is 1.05 bits per heavy atom. The van der Waals surface area contributed by atoms with Gasteiger partial charge in [-0.25, -0.2) is 0 Å². The van der Waals surface area contributed by atoms with E-state index in [0.717, 1.165) is 11.3 Å². The van der Waals surface area contributed by atoms with Crippen molar-refractivity contribution >= 4 is 5.65 Å². The van der Waals surface area contributed by atoms with Crippen molar-refractivity contribution < 1.29 is 0 Å². The van der Waals surface area contributed by atoms with Gasteiger partial charge in [-0.15, -0.1) is 10.2 Å². The molecule has 2 N–H and O–H groups in total. The average Bonchev–Trinajstić information content (AvgIpc) is 2.85. The topological polar surface area (TPSA) is 69.1 Å². The SMILES string of the molecule is Cc1ccc(-c2ccc3nnc([C@H](C)N)n3n2)cc1C. The van der Waals surface area contributed by atoms with Crippen molar-refractivity contribution in [1.82, 2.24) is 19.8 Å². The van der Waals surface area contributed by atoms with Crippen molar-refractivity contribution in [3.05, 3.63) is 47.3 Å². The molecule has 2 aromatic heterocycles. The number of rotatable bonds is 2. The van der Waals surface area contributed by atoms with E-state index in [0.29, 0.717) is 11.5 Å². The molecule has 0 aliphatic heterocycles. The molecule has 0 amide bonds. The lowest BCUT2D eigenvalue weighted by Crippen LogP contribution is -2.11. The normalized spacial score (nSPS) is 12.8. The standard InChI is InChI=1S/C15H17N5/c1-9-4-5-12(8-10(9)2)13-6-7-14-17-18-15(11(3)16)20(14)19-13/h4-8,11H,16H2,1-3H3/t11-/m0/s1. The van der Waals surface area contributed by atoms with Crippen molar-refractivity contribution in [3.63, 3.8) is 0 Å². The second-order valence-corrected chi connectivity index (χ2v) is 5.13. The van der Waals surface area contributed by atoms with Crippen molar-refractivity contribution in [3.8, 4) is 11.3 Å². The van der Waals surface area contributed by atoms with E-state index < -0.39 is 0 Å². The zero-order valence-corrected chi connectivity index (χ0v) is 11.8. The van der Waals surface area contributed by atoms with E-state index in [4.69, 9.17) is 5.73 Å². The number of hydrogen-bond acceptors (Lipinski definition) is 4. The zero-order chi connectivity index (χ0) is 14.3. The van der Waals surface area contributed by atoms with Gasteiger partial charge in [0, 0.05) is 5.56 Å². The first-order chi connectivity index (χ1) is 9.56. The molecule has 1 atom stereocenters. The molecule has 0 unspecified atom stereocenters. The summed E-state index contributed by atoms with van der Waals surface area (Å²) in [6, 6.07) is 9.99. The van der Waals surface area contributed by atoms with Gasteiger partial charge in [-0.2, -0.15) is 9.61 Å². The second-order valence-electron chi connectivity index (χ2n) is 5.13. The summed E-state index contributed by atoms with van der Waals surface area (Å²) in [5.74, 6) is 0.672. The van der Waals surface area contributed by atoms with Gasteiger partial charge in [-0.3, -0.25) is 0 Å². The van der Waals surface area contributed by atoms with Gasteiger partial charge in [0.1, 0.15) is 0 Å². The summed E-state index contributed by atoms with van der Waals surface area (Å²) >= 11 is 0. The Bertz CT molecular complexity index is 773. The monoisotopic (exact) mass is 267 g/mol. The summed E-state index contributed by atoms with van der Waals surface area (Å²) in [5, 5.41) is 12.8. The van der Waals surface area contributed by atoms with Crippen LogP contribution < -0.4 is 5.73 Å². The van der Waals surface area contributed by atoms with E-state index in [1.54, 1.807) is 4.52 Å². The Balaban J connectivity index is 2.16. The molecule has 5 nitrogen and oxygen atoms in total. The number of nitrogens with two attached hydrogens (primary N) is 1. The van der Waals surface area contributed by atoms with Crippen LogP contribution in [0.5, 0.6) is 0 Å². The highest BCUT2D eigenvalue weighted by molar-refractivity contribution is 5.61. The maximum Gasteiger partial charge on any atom is 0.178 e. The van der Waals surface area contributed by atoms with Gasteiger partial charge in [0.15, 0.2) is 11.5 Å². The third-order valence-electron chi connectivity index (χ3n) is 3.50. The van der Waals surface area contributed by atoms with Crippen molar-refractivity contribution in [1.29, 1.82) is 0 Å². The van der Waals surface area contributed by atoms with Crippen molar-refractivity contribution in [2.24, 2.45) is 5.73 Å². The molecule has 0 bridgehead atoms. The summed E-state index contributed by atoms with van der Waals surface area (Å²) in [6.07, 6.45) is 0. The highest BCUT2D eigenvalue weighted by atomic mass is 15.4. The first kappa shape index (κ1) is 12.7. The molecule has 0 fully saturated rings. The molecule has 0 spiro atoms. The number of aryl methyl sites for hydroxylation is 2. The fraction of sp³-hybridized carbons (Fsp3) is 0.267. The number of nitrogens with zero attached hydrogens (tertiary/aromatic N) is 4. The summed E-state index contributed by atoms with van der Waals surface area (Å²) in [7, 11) is 0. The summed E-state index contributed by atoms with van der Waals surface area (Å²) < 4.78 is 1.72. The molecular weight excluding hydrogens is 250 g/mol. The number of fused-ring (bicyclic) bond motifs is 1. The van der Waals surface area contributed by atoms with Crippen LogP contribution in [0, 0.1) is 13.8 Å². The molecule has 5 heteroatoms. The summed E-state index contributed by atoms with van der Waals surface area (Å²) in [6.45, 7) is 6.08. The van der Waals surface area contributed by atoms with Crippen LogP contribution >= 0.6 is 0 Å². The molecule has 3 rings (SSSR count). The van der Waals surface area contributed by atoms with Crippen LogP contribution in [0.2, 0.25) is 0 Å². The third-order valence-corrected chi connectivity index (χ3v) is 3.50. The molecule has 0 aliphatic rings. The first-order valence-electron chi connectivity index (χ1n) is 6.62. The van der Waals surface area contributed by atoms with E-state index in [1.165, 1.54) is 11.1 Å². The fourth-order valence-electron chi connectivity index (χ4n) is 2.14. The number of aromatic nitrogens is 4. The average molecular weight is 267 g/mol. The maximum absolute atomic E-state index is 5.89. The maximum atomic E-state index is 5.89. The van der Waals surface area contributed by atoms with E-state index in [9.17, 15) is 0 Å². The minimum Gasteiger partial charge on any atom is -0.321 e. The Morgan fingerprint density at radius 3 is 2.55 bits per heavy atom. The van der Waals surface area contributed by atoms with Crippen LogP contribution in [0.4, 0.5) is 0 Å². The molecule has 3 aromatic rings. The lowest BCUT2D eigenvalue weighted by molar-refractivity contribution is 0.696. The smallest absolute Gasteiger partial charge is 0.178 e. The lowest BCUT2D eigenvalue weighted by Gasteiger charge is -2.07. The summed E-state index contributed by atoms with van der Waals surface area (Å²) in [4.78, 5) is 0. The molecule has 0 radical (unpaired) electrons. The Morgan fingerprint density at radius 2 is 1.85 bits per heavy atom. The van der Waals surface area contributed by atoms with Crippen molar-refractivity contribution in [2.45, 2.75) is 26.8 Å². The van der Waals surface area contributed by atoms with Crippen LogP contribution in [0.15, 0.2) is 30.3 Å². The first-order valence-corrected chi connectivity index (χ1v) is 6.62.